The second-order valence-electron chi connectivity index (χ2n) is 5.08. The molecule has 6 heteroatoms. The summed E-state index contributed by atoms with van der Waals surface area (Å²) in [5, 5.41) is 6.40. The number of aryl methyl sites for hydroxylation is 1. The summed E-state index contributed by atoms with van der Waals surface area (Å²) in [5.74, 6) is 0.734. The summed E-state index contributed by atoms with van der Waals surface area (Å²) in [5.41, 5.74) is 0.197. The van der Waals surface area contributed by atoms with Crippen LogP contribution in [0.15, 0.2) is 28.8 Å². The van der Waals surface area contributed by atoms with Crippen molar-refractivity contribution in [2.24, 2.45) is 0 Å². The van der Waals surface area contributed by atoms with Crippen LogP contribution in [0.25, 0.3) is 0 Å². The summed E-state index contributed by atoms with van der Waals surface area (Å²) in [7, 11) is 0. The van der Waals surface area contributed by atoms with Crippen molar-refractivity contribution in [3.8, 4) is 0 Å². The second kappa shape index (κ2) is 6.97. The third-order valence-corrected chi connectivity index (χ3v) is 2.94. The second-order valence-corrected chi connectivity index (χ2v) is 5.08. The van der Waals surface area contributed by atoms with Crippen LogP contribution in [0.1, 0.15) is 44.3 Å². The molecule has 0 radical (unpaired) electrons. The Morgan fingerprint density at radius 1 is 1.38 bits per heavy atom. The molecule has 2 rings (SSSR count). The topological polar surface area (TPSA) is 68.0 Å². The largest absolute Gasteiger partial charge is 0.339 e. The van der Waals surface area contributed by atoms with E-state index in [9.17, 15) is 9.18 Å². The predicted octanol–water partition coefficient (Wildman–Crippen LogP) is 3.29. The smallest absolute Gasteiger partial charge is 0.226 e. The van der Waals surface area contributed by atoms with Crippen LogP contribution in [-0.4, -0.2) is 16.0 Å². The molecule has 0 aliphatic carbocycles. The third-order valence-electron chi connectivity index (χ3n) is 2.94. The van der Waals surface area contributed by atoms with Crippen molar-refractivity contribution in [3.63, 3.8) is 0 Å². The Balaban J connectivity index is 1.78. The number of nitrogens with zero attached hydrogens (tertiary/aromatic N) is 2. The number of amides is 1. The van der Waals surface area contributed by atoms with Crippen molar-refractivity contribution in [1.29, 1.82) is 0 Å². The predicted molar refractivity (Wildman–Crippen MR) is 76.4 cm³/mol. The van der Waals surface area contributed by atoms with E-state index in [-0.39, 0.29) is 23.9 Å². The number of anilines is 1. The maximum absolute atomic E-state index is 13.4. The molecule has 1 N–H and O–H groups in total. The number of carbonyl (C=O) groups is 1. The van der Waals surface area contributed by atoms with Gasteiger partial charge in [-0.1, -0.05) is 31.1 Å². The van der Waals surface area contributed by atoms with Gasteiger partial charge in [-0.25, -0.2) is 4.39 Å². The van der Waals surface area contributed by atoms with E-state index in [0.29, 0.717) is 24.6 Å². The average molecular weight is 291 g/mol. The molecule has 0 unspecified atom stereocenters. The molecule has 0 bridgehead atoms. The number of nitrogens with one attached hydrogen (secondary N) is 1. The normalized spacial score (nSPS) is 10.9. The van der Waals surface area contributed by atoms with Gasteiger partial charge < -0.3 is 9.84 Å². The number of halogens is 1. The van der Waals surface area contributed by atoms with Gasteiger partial charge in [-0.05, 0) is 18.6 Å². The quantitative estimate of drug-likeness (QED) is 0.886. The number of hydrogen-bond donors (Lipinski definition) is 1. The maximum Gasteiger partial charge on any atom is 0.226 e. The summed E-state index contributed by atoms with van der Waals surface area (Å²) in [6.45, 7) is 3.97. The van der Waals surface area contributed by atoms with Crippen LogP contribution in [0.2, 0.25) is 0 Å². The van der Waals surface area contributed by atoms with Gasteiger partial charge in [-0.15, -0.1) is 0 Å². The molecular weight excluding hydrogens is 273 g/mol. The molecule has 2 aromatic rings. The van der Waals surface area contributed by atoms with E-state index in [0.717, 1.165) is 0 Å². The van der Waals surface area contributed by atoms with E-state index in [2.05, 4.69) is 15.5 Å². The molecule has 1 heterocycles. The Morgan fingerprint density at radius 2 is 2.14 bits per heavy atom. The molecule has 1 aromatic heterocycles. The summed E-state index contributed by atoms with van der Waals surface area (Å²) in [6.07, 6.45) is 1.37. The average Bonchev–Trinajstić information content (AvgIpc) is 2.90. The highest BCUT2D eigenvalue weighted by Gasteiger charge is 2.11. The molecular formula is C15H18FN3O2. The van der Waals surface area contributed by atoms with E-state index in [1.165, 1.54) is 12.1 Å². The fourth-order valence-corrected chi connectivity index (χ4v) is 1.78. The minimum absolute atomic E-state index is 0.197. The van der Waals surface area contributed by atoms with E-state index < -0.39 is 5.82 Å². The van der Waals surface area contributed by atoms with Crippen molar-refractivity contribution in [2.45, 2.75) is 39.0 Å². The van der Waals surface area contributed by atoms with Crippen molar-refractivity contribution in [3.05, 3.63) is 41.8 Å². The minimum Gasteiger partial charge on any atom is -0.339 e. The van der Waals surface area contributed by atoms with Gasteiger partial charge in [0.2, 0.25) is 11.8 Å². The number of hydrogen-bond acceptors (Lipinski definition) is 4. The first-order chi connectivity index (χ1) is 10.1. The Kier molecular flexibility index (Phi) is 5.03. The van der Waals surface area contributed by atoms with E-state index >= 15 is 0 Å². The maximum atomic E-state index is 13.4. The van der Waals surface area contributed by atoms with Gasteiger partial charge >= 0.3 is 0 Å². The Hall–Kier alpha value is -2.24. The SMILES string of the molecule is CC(C)c1noc(CCCC(=O)Nc2ccccc2F)n1. The van der Waals surface area contributed by atoms with Gasteiger partial charge in [-0.2, -0.15) is 4.98 Å². The Bertz CT molecular complexity index is 610. The molecule has 1 amide bonds. The van der Waals surface area contributed by atoms with Crippen molar-refractivity contribution in [2.75, 3.05) is 5.32 Å². The van der Waals surface area contributed by atoms with Gasteiger partial charge in [0.25, 0.3) is 0 Å². The fourth-order valence-electron chi connectivity index (χ4n) is 1.78. The van der Waals surface area contributed by atoms with Gasteiger partial charge in [0.1, 0.15) is 5.82 Å². The number of aromatic nitrogens is 2. The number of rotatable bonds is 6. The molecule has 0 aliphatic rings. The first kappa shape index (κ1) is 15.2. The van der Waals surface area contributed by atoms with Crippen LogP contribution in [-0.2, 0) is 11.2 Å². The van der Waals surface area contributed by atoms with Gasteiger partial charge in [0.05, 0.1) is 5.69 Å². The highest BCUT2D eigenvalue weighted by molar-refractivity contribution is 5.90. The monoisotopic (exact) mass is 291 g/mol. The van der Waals surface area contributed by atoms with Gasteiger partial charge in [0, 0.05) is 18.8 Å². The zero-order valence-electron chi connectivity index (χ0n) is 12.1. The molecule has 112 valence electrons. The van der Waals surface area contributed by atoms with E-state index in [4.69, 9.17) is 4.52 Å². The number of benzene rings is 1. The summed E-state index contributed by atoms with van der Waals surface area (Å²) in [6, 6.07) is 6.08. The molecule has 0 fully saturated rings. The minimum atomic E-state index is -0.440. The lowest BCUT2D eigenvalue weighted by Gasteiger charge is -2.05. The molecule has 0 saturated heterocycles. The summed E-state index contributed by atoms with van der Waals surface area (Å²) in [4.78, 5) is 16.0. The zero-order valence-corrected chi connectivity index (χ0v) is 12.1. The first-order valence-corrected chi connectivity index (χ1v) is 6.93. The summed E-state index contributed by atoms with van der Waals surface area (Å²) >= 11 is 0. The van der Waals surface area contributed by atoms with Crippen molar-refractivity contribution >= 4 is 11.6 Å². The fraction of sp³-hybridized carbons (Fsp3) is 0.400. The van der Waals surface area contributed by atoms with Crippen LogP contribution in [0.5, 0.6) is 0 Å². The lowest BCUT2D eigenvalue weighted by molar-refractivity contribution is -0.116. The van der Waals surface area contributed by atoms with Gasteiger partial charge in [0.15, 0.2) is 5.82 Å². The number of carbonyl (C=O) groups excluding carboxylic acids is 1. The standard InChI is InChI=1S/C15H18FN3O2/c1-10(2)15-18-14(21-19-15)9-5-8-13(20)17-12-7-4-3-6-11(12)16/h3-4,6-7,10H,5,8-9H2,1-2H3,(H,17,20). The van der Waals surface area contributed by atoms with Crippen molar-refractivity contribution < 1.29 is 13.7 Å². The molecule has 0 saturated carbocycles. The van der Waals surface area contributed by atoms with Crippen LogP contribution in [0.3, 0.4) is 0 Å². The molecule has 0 spiro atoms. The van der Waals surface area contributed by atoms with Crippen LogP contribution >= 0.6 is 0 Å². The lowest BCUT2D eigenvalue weighted by atomic mass is 10.2. The Morgan fingerprint density at radius 3 is 2.81 bits per heavy atom. The van der Waals surface area contributed by atoms with E-state index in [1.54, 1.807) is 12.1 Å². The van der Waals surface area contributed by atoms with Crippen LogP contribution in [0, 0.1) is 5.82 Å². The number of para-hydroxylation sites is 1. The van der Waals surface area contributed by atoms with E-state index in [1.807, 2.05) is 13.8 Å². The van der Waals surface area contributed by atoms with Crippen molar-refractivity contribution in [1.82, 2.24) is 10.1 Å². The van der Waals surface area contributed by atoms with Gasteiger partial charge in [-0.3, -0.25) is 4.79 Å². The Labute approximate surface area is 122 Å². The molecule has 0 atom stereocenters. The van der Waals surface area contributed by atoms with Crippen LogP contribution < -0.4 is 5.32 Å². The lowest BCUT2D eigenvalue weighted by Crippen LogP contribution is -2.12. The first-order valence-electron chi connectivity index (χ1n) is 6.93. The molecule has 21 heavy (non-hydrogen) atoms. The molecule has 0 aliphatic heterocycles. The highest BCUT2D eigenvalue weighted by atomic mass is 19.1. The highest BCUT2D eigenvalue weighted by Crippen LogP contribution is 2.14. The van der Waals surface area contributed by atoms with Crippen LogP contribution in [0.4, 0.5) is 10.1 Å². The molecule has 1 aromatic carbocycles. The summed E-state index contributed by atoms with van der Waals surface area (Å²) < 4.78 is 18.5. The third kappa shape index (κ3) is 4.37. The molecule has 5 nitrogen and oxygen atoms in total. The zero-order chi connectivity index (χ0) is 15.2.